The summed E-state index contributed by atoms with van der Waals surface area (Å²) in [4.78, 5) is 31.7. The van der Waals surface area contributed by atoms with E-state index in [1.54, 1.807) is 4.90 Å². The lowest BCUT2D eigenvalue weighted by molar-refractivity contribution is -0.141. The van der Waals surface area contributed by atoms with Crippen LogP contribution >= 0.6 is 50.6 Å². The topological polar surface area (TPSA) is 59.5 Å². The number of carbonyl (C=O) groups is 2. The number of fused-ring (bicyclic) bond motifs is 1. The van der Waals surface area contributed by atoms with Gasteiger partial charge in [-0.1, -0.05) is 11.6 Å². The number of halogens is 2. The van der Waals surface area contributed by atoms with Crippen molar-refractivity contribution in [3.05, 3.63) is 27.0 Å². The van der Waals surface area contributed by atoms with Crippen LogP contribution in [0, 0.1) is 0 Å². The summed E-state index contributed by atoms with van der Waals surface area (Å²) in [5.41, 5.74) is 0.710. The number of thioether (sulfide) groups is 1. The zero-order valence-corrected chi connectivity index (χ0v) is 16.5. The summed E-state index contributed by atoms with van der Waals surface area (Å²) in [6, 6.07) is 3.77. The second kappa shape index (κ2) is 7.43. The summed E-state index contributed by atoms with van der Waals surface area (Å²) < 4.78 is 5.41. The van der Waals surface area contributed by atoms with Crippen LogP contribution in [-0.4, -0.2) is 29.8 Å². The van der Waals surface area contributed by atoms with Crippen LogP contribution in [0.15, 0.2) is 26.9 Å². The highest BCUT2D eigenvalue weighted by Crippen LogP contribution is 2.44. The Morgan fingerprint density at radius 2 is 2.25 bits per heavy atom. The van der Waals surface area contributed by atoms with E-state index in [9.17, 15) is 9.59 Å². The van der Waals surface area contributed by atoms with Gasteiger partial charge in [-0.15, -0.1) is 23.1 Å². The third-order valence-electron chi connectivity index (χ3n) is 3.43. The molecule has 1 aliphatic rings. The highest BCUT2D eigenvalue weighted by molar-refractivity contribution is 9.10. The Kier molecular flexibility index (Phi) is 5.49. The average Bonchev–Trinajstić information content (AvgIpc) is 3.17. The van der Waals surface area contributed by atoms with Crippen molar-refractivity contribution in [1.29, 1.82) is 0 Å². The molecule has 0 spiro atoms. The molecule has 24 heavy (non-hydrogen) atoms. The number of anilines is 1. The Morgan fingerprint density at radius 3 is 2.92 bits per heavy atom. The number of pyridine rings is 1. The Morgan fingerprint density at radius 1 is 1.46 bits per heavy atom. The van der Waals surface area contributed by atoms with Crippen LogP contribution in [0.2, 0.25) is 5.02 Å². The number of carbonyl (C=O) groups excluding carboxylic acids is 2. The maximum atomic E-state index is 12.4. The molecule has 0 atom stereocenters. The third-order valence-corrected chi connectivity index (χ3v) is 6.38. The van der Waals surface area contributed by atoms with E-state index in [0.717, 1.165) is 14.2 Å². The van der Waals surface area contributed by atoms with Crippen molar-refractivity contribution in [3.8, 4) is 10.6 Å². The molecule has 9 heteroatoms. The molecule has 0 aromatic carbocycles. The molecular weight excluding hydrogens is 436 g/mol. The lowest BCUT2D eigenvalue weighted by atomic mass is 10.2. The van der Waals surface area contributed by atoms with Gasteiger partial charge >= 0.3 is 5.97 Å². The van der Waals surface area contributed by atoms with Crippen LogP contribution in [0.4, 0.5) is 5.82 Å². The second-order valence-electron chi connectivity index (χ2n) is 4.91. The fourth-order valence-corrected chi connectivity index (χ4v) is 5.18. The van der Waals surface area contributed by atoms with Crippen LogP contribution in [0.5, 0.6) is 0 Å². The summed E-state index contributed by atoms with van der Waals surface area (Å²) in [5, 5.41) is 2.52. The first-order valence-electron chi connectivity index (χ1n) is 6.95. The molecule has 0 aliphatic carbocycles. The normalized spacial score (nSPS) is 13.0. The molecule has 2 aromatic rings. The zero-order valence-electron chi connectivity index (χ0n) is 12.5. The monoisotopic (exact) mass is 446 g/mol. The molecule has 0 unspecified atom stereocenters. The minimum atomic E-state index is -0.398. The number of aromatic nitrogens is 1. The van der Waals surface area contributed by atoms with Gasteiger partial charge in [0.1, 0.15) is 0 Å². The van der Waals surface area contributed by atoms with Crippen LogP contribution in [0.3, 0.4) is 0 Å². The Bertz CT molecular complexity index is 812. The van der Waals surface area contributed by atoms with Crippen molar-refractivity contribution in [3.63, 3.8) is 0 Å². The highest BCUT2D eigenvalue weighted by Gasteiger charge is 2.29. The molecule has 1 aliphatic heterocycles. The van der Waals surface area contributed by atoms with E-state index >= 15 is 0 Å². The first kappa shape index (κ1) is 17.7. The summed E-state index contributed by atoms with van der Waals surface area (Å²) >= 11 is 12.8. The van der Waals surface area contributed by atoms with Gasteiger partial charge in [0.15, 0.2) is 5.82 Å². The zero-order chi connectivity index (χ0) is 17.3. The Balaban J connectivity index is 1.89. The fourth-order valence-electron chi connectivity index (χ4n) is 2.22. The molecular formula is C15H12BrClN2O3S2. The summed E-state index contributed by atoms with van der Waals surface area (Å²) in [6.07, 6.45) is 0.158. The van der Waals surface area contributed by atoms with Crippen molar-refractivity contribution >= 4 is 68.3 Å². The SMILES string of the molecule is COC(=O)CCC(=O)N1CSc2cc(Br)c(-c3sccc3Cl)nc21. The van der Waals surface area contributed by atoms with E-state index < -0.39 is 5.97 Å². The fraction of sp³-hybridized carbons (Fsp3) is 0.267. The molecule has 3 rings (SSSR count). The molecule has 0 bridgehead atoms. The summed E-state index contributed by atoms with van der Waals surface area (Å²) in [7, 11) is 1.31. The van der Waals surface area contributed by atoms with E-state index in [1.807, 2.05) is 17.5 Å². The van der Waals surface area contributed by atoms with E-state index in [1.165, 1.54) is 30.2 Å². The maximum absolute atomic E-state index is 12.4. The van der Waals surface area contributed by atoms with Gasteiger partial charge in [-0.05, 0) is 33.4 Å². The van der Waals surface area contributed by atoms with Gasteiger partial charge in [-0.25, -0.2) is 4.98 Å². The van der Waals surface area contributed by atoms with Crippen LogP contribution < -0.4 is 4.90 Å². The third kappa shape index (κ3) is 3.46. The van der Waals surface area contributed by atoms with Crippen LogP contribution in [0.1, 0.15) is 12.8 Å². The van der Waals surface area contributed by atoms with Gasteiger partial charge in [0.05, 0.1) is 39.9 Å². The number of methoxy groups -OCH3 is 1. The second-order valence-corrected chi connectivity index (χ2v) is 8.07. The summed E-state index contributed by atoms with van der Waals surface area (Å²) in [6.45, 7) is 0. The molecule has 2 aromatic heterocycles. The van der Waals surface area contributed by atoms with Gasteiger partial charge in [0, 0.05) is 10.9 Å². The first-order chi connectivity index (χ1) is 11.5. The molecule has 0 radical (unpaired) electrons. The number of hydrogen-bond acceptors (Lipinski definition) is 6. The molecule has 0 saturated carbocycles. The minimum absolute atomic E-state index is 0.0615. The Hall–Kier alpha value is -1.09. The molecule has 126 valence electrons. The van der Waals surface area contributed by atoms with Crippen LogP contribution in [0.25, 0.3) is 10.6 Å². The van der Waals surface area contributed by atoms with E-state index in [2.05, 4.69) is 25.7 Å². The Labute approximate surface area is 160 Å². The number of esters is 1. The van der Waals surface area contributed by atoms with Gasteiger partial charge in [0.25, 0.3) is 0 Å². The smallest absolute Gasteiger partial charge is 0.306 e. The number of rotatable bonds is 4. The van der Waals surface area contributed by atoms with Gasteiger partial charge in [0.2, 0.25) is 5.91 Å². The molecule has 5 nitrogen and oxygen atoms in total. The summed E-state index contributed by atoms with van der Waals surface area (Å²) in [5.74, 6) is 0.545. The molecule has 0 fully saturated rings. The number of thiophene rings is 1. The molecule has 0 saturated heterocycles. The van der Waals surface area contributed by atoms with Crippen molar-refractivity contribution in [2.45, 2.75) is 17.7 Å². The predicted octanol–water partition coefficient (Wildman–Crippen LogP) is 4.58. The van der Waals surface area contributed by atoms with Gasteiger partial charge in [-0.3, -0.25) is 14.5 Å². The number of amides is 1. The van der Waals surface area contributed by atoms with E-state index in [4.69, 9.17) is 11.6 Å². The van der Waals surface area contributed by atoms with Crippen molar-refractivity contribution in [1.82, 2.24) is 4.98 Å². The van der Waals surface area contributed by atoms with Crippen molar-refractivity contribution in [2.75, 3.05) is 17.9 Å². The highest BCUT2D eigenvalue weighted by atomic mass is 79.9. The van der Waals surface area contributed by atoms with Crippen LogP contribution in [-0.2, 0) is 14.3 Å². The minimum Gasteiger partial charge on any atom is -0.469 e. The molecule has 1 amide bonds. The van der Waals surface area contributed by atoms with Crippen molar-refractivity contribution in [2.24, 2.45) is 0 Å². The average molecular weight is 448 g/mol. The lowest BCUT2D eigenvalue weighted by Gasteiger charge is -2.16. The number of hydrogen-bond donors (Lipinski definition) is 0. The predicted molar refractivity (Wildman–Crippen MR) is 99.7 cm³/mol. The molecule has 3 heterocycles. The quantitative estimate of drug-likeness (QED) is 0.642. The first-order valence-corrected chi connectivity index (χ1v) is 9.98. The largest absolute Gasteiger partial charge is 0.469 e. The van der Waals surface area contributed by atoms with Crippen molar-refractivity contribution < 1.29 is 14.3 Å². The number of ether oxygens (including phenoxy) is 1. The lowest BCUT2D eigenvalue weighted by Crippen LogP contribution is -2.29. The standard InChI is InChI=1S/C15H12BrClN2O3S2/c1-22-12(21)3-2-11(20)19-7-24-10-6-8(16)13(18-15(10)19)14-9(17)4-5-23-14/h4-6H,2-3,7H2,1H3. The number of nitrogens with zero attached hydrogens (tertiary/aromatic N) is 2. The van der Waals surface area contributed by atoms with Gasteiger partial charge < -0.3 is 4.74 Å². The van der Waals surface area contributed by atoms with E-state index in [-0.39, 0.29) is 18.7 Å². The van der Waals surface area contributed by atoms with E-state index in [0.29, 0.717) is 22.4 Å². The van der Waals surface area contributed by atoms with Gasteiger partial charge in [-0.2, -0.15) is 0 Å². The maximum Gasteiger partial charge on any atom is 0.306 e. The molecule has 0 N–H and O–H groups in total.